The lowest BCUT2D eigenvalue weighted by molar-refractivity contribution is -0.119. The fraction of sp³-hybridized carbons (Fsp3) is 0.500. The van der Waals surface area contributed by atoms with Crippen molar-refractivity contribution < 1.29 is 4.79 Å². The average molecular weight is 234 g/mol. The van der Waals surface area contributed by atoms with Crippen LogP contribution in [0.5, 0.6) is 0 Å². The maximum Gasteiger partial charge on any atom is 0.243 e. The van der Waals surface area contributed by atoms with Crippen molar-refractivity contribution >= 4 is 11.6 Å². The third kappa shape index (κ3) is 3.86. The van der Waals surface area contributed by atoms with Gasteiger partial charge < -0.3 is 10.6 Å². The number of rotatable bonds is 6. The number of anilines is 1. The van der Waals surface area contributed by atoms with Crippen LogP contribution in [0, 0.1) is 0 Å². The molecule has 0 saturated heterocycles. The molecule has 0 spiro atoms. The van der Waals surface area contributed by atoms with E-state index in [4.69, 9.17) is 5.73 Å². The van der Waals surface area contributed by atoms with E-state index in [9.17, 15) is 4.79 Å². The number of hydrogen-bond donors (Lipinski definition) is 1. The first-order chi connectivity index (χ1) is 8.20. The van der Waals surface area contributed by atoms with Gasteiger partial charge >= 0.3 is 0 Å². The van der Waals surface area contributed by atoms with Gasteiger partial charge in [0, 0.05) is 12.2 Å². The minimum absolute atomic E-state index is 0.0205. The minimum atomic E-state index is -0.396. The van der Waals surface area contributed by atoms with Gasteiger partial charge in [0.05, 0.1) is 6.04 Å². The van der Waals surface area contributed by atoms with Crippen LogP contribution in [0.25, 0.3) is 0 Å². The summed E-state index contributed by atoms with van der Waals surface area (Å²) in [6.45, 7) is 4.80. The van der Waals surface area contributed by atoms with Crippen molar-refractivity contribution in [2.75, 3.05) is 11.4 Å². The third-order valence-corrected chi connectivity index (χ3v) is 2.83. The molecule has 0 unspecified atom stereocenters. The van der Waals surface area contributed by atoms with E-state index in [1.807, 2.05) is 37.3 Å². The van der Waals surface area contributed by atoms with E-state index in [-0.39, 0.29) is 5.91 Å². The van der Waals surface area contributed by atoms with Crippen molar-refractivity contribution in [3.05, 3.63) is 30.3 Å². The van der Waals surface area contributed by atoms with Gasteiger partial charge in [-0.15, -0.1) is 0 Å². The molecule has 1 rings (SSSR count). The monoisotopic (exact) mass is 234 g/mol. The number of carbonyl (C=O) groups is 1. The van der Waals surface area contributed by atoms with Crippen molar-refractivity contribution in [3.63, 3.8) is 0 Å². The number of amides is 1. The van der Waals surface area contributed by atoms with Crippen molar-refractivity contribution in [1.29, 1.82) is 0 Å². The summed E-state index contributed by atoms with van der Waals surface area (Å²) < 4.78 is 0. The molecule has 0 aliphatic rings. The highest BCUT2D eigenvalue weighted by Crippen LogP contribution is 2.15. The first kappa shape index (κ1) is 13.7. The second kappa shape index (κ2) is 7.07. The number of unbranched alkanes of at least 4 members (excludes halogenated alkanes) is 1. The largest absolute Gasteiger partial charge is 0.320 e. The number of hydrogen-bond acceptors (Lipinski definition) is 2. The first-order valence-electron chi connectivity index (χ1n) is 6.32. The maximum atomic E-state index is 12.2. The molecule has 0 aliphatic carbocycles. The van der Waals surface area contributed by atoms with Crippen molar-refractivity contribution in [2.24, 2.45) is 5.73 Å². The predicted octanol–water partition coefficient (Wildman–Crippen LogP) is 2.56. The van der Waals surface area contributed by atoms with Gasteiger partial charge in [0.15, 0.2) is 0 Å². The molecular formula is C14H22N2O. The van der Waals surface area contributed by atoms with Gasteiger partial charge in [0.2, 0.25) is 5.91 Å². The summed E-state index contributed by atoms with van der Waals surface area (Å²) in [6, 6.07) is 9.35. The van der Waals surface area contributed by atoms with Crippen molar-refractivity contribution in [3.8, 4) is 0 Å². The predicted molar refractivity (Wildman–Crippen MR) is 72.0 cm³/mol. The lowest BCUT2D eigenvalue weighted by atomic mass is 10.1. The molecule has 0 bridgehead atoms. The highest BCUT2D eigenvalue weighted by atomic mass is 16.2. The Kier molecular flexibility index (Phi) is 5.70. The molecule has 94 valence electrons. The Hall–Kier alpha value is -1.35. The van der Waals surface area contributed by atoms with E-state index >= 15 is 0 Å². The molecule has 1 amide bonds. The van der Waals surface area contributed by atoms with E-state index in [1.165, 1.54) is 0 Å². The van der Waals surface area contributed by atoms with Crippen LogP contribution in [0.2, 0.25) is 0 Å². The highest BCUT2D eigenvalue weighted by Gasteiger charge is 2.20. The summed E-state index contributed by atoms with van der Waals surface area (Å²) in [5, 5.41) is 0. The average Bonchev–Trinajstić information content (AvgIpc) is 2.39. The number of carbonyl (C=O) groups excluding carboxylic acids is 1. The first-order valence-corrected chi connectivity index (χ1v) is 6.32. The van der Waals surface area contributed by atoms with Gasteiger partial charge in [-0.2, -0.15) is 0 Å². The minimum Gasteiger partial charge on any atom is -0.320 e. The van der Waals surface area contributed by atoms with Crippen LogP contribution in [0.3, 0.4) is 0 Å². The second-order valence-corrected chi connectivity index (χ2v) is 4.19. The molecule has 3 heteroatoms. The van der Waals surface area contributed by atoms with Crippen LogP contribution in [-0.4, -0.2) is 18.5 Å². The summed E-state index contributed by atoms with van der Waals surface area (Å²) in [6.07, 6.45) is 2.74. The highest BCUT2D eigenvalue weighted by molar-refractivity contribution is 5.96. The molecule has 1 aromatic rings. The summed E-state index contributed by atoms with van der Waals surface area (Å²) in [4.78, 5) is 14.0. The van der Waals surface area contributed by atoms with Gasteiger partial charge in [-0.1, -0.05) is 38.5 Å². The molecule has 1 aromatic carbocycles. The number of benzene rings is 1. The Morgan fingerprint density at radius 1 is 1.29 bits per heavy atom. The maximum absolute atomic E-state index is 12.2. The zero-order valence-electron chi connectivity index (χ0n) is 10.7. The van der Waals surface area contributed by atoms with E-state index in [0.717, 1.165) is 25.1 Å². The standard InChI is InChI=1S/C14H22N2O/c1-3-5-11-16(14(17)13(15)4-2)12-9-7-6-8-10-12/h6-10,13H,3-5,11,15H2,1-2H3/t13-/m0/s1. The van der Waals surface area contributed by atoms with Crippen LogP contribution >= 0.6 is 0 Å². The van der Waals surface area contributed by atoms with E-state index in [1.54, 1.807) is 4.90 Å². The molecule has 3 nitrogen and oxygen atoms in total. The SMILES string of the molecule is CCCCN(C(=O)[C@@H](N)CC)c1ccccc1. The second-order valence-electron chi connectivity index (χ2n) is 4.19. The molecule has 0 heterocycles. The van der Waals surface area contributed by atoms with Crippen molar-refractivity contribution in [2.45, 2.75) is 39.2 Å². The fourth-order valence-electron chi connectivity index (χ4n) is 1.67. The van der Waals surface area contributed by atoms with Crippen LogP contribution < -0.4 is 10.6 Å². The molecule has 2 N–H and O–H groups in total. The zero-order valence-corrected chi connectivity index (χ0v) is 10.7. The number of nitrogens with two attached hydrogens (primary N) is 1. The van der Waals surface area contributed by atoms with E-state index in [2.05, 4.69) is 6.92 Å². The Balaban J connectivity index is 2.84. The Bertz CT molecular complexity index is 337. The lowest BCUT2D eigenvalue weighted by Gasteiger charge is -2.25. The van der Waals surface area contributed by atoms with Crippen LogP contribution in [0.1, 0.15) is 33.1 Å². The lowest BCUT2D eigenvalue weighted by Crippen LogP contribution is -2.44. The summed E-state index contributed by atoms with van der Waals surface area (Å²) in [5.74, 6) is 0.0205. The normalized spacial score (nSPS) is 12.2. The Labute approximate surface area is 104 Å². The smallest absolute Gasteiger partial charge is 0.243 e. The molecule has 0 aliphatic heterocycles. The van der Waals surface area contributed by atoms with E-state index < -0.39 is 6.04 Å². The number of para-hydroxylation sites is 1. The van der Waals surface area contributed by atoms with Crippen LogP contribution in [-0.2, 0) is 4.79 Å². The Morgan fingerprint density at radius 2 is 1.94 bits per heavy atom. The van der Waals surface area contributed by atoms with Gasteiger partial charge in [0.25, 0.3) is 0 Å². The zero-order chi connectivity index (χ0) is 12.7. The summed E-state index contributed by atoms with van der Waals surface area (Å²) >= 11 is 0. The van der Waals surface area contributed by atoms with Crippen LogP contribution in [0.15, 0.2) is 30.3 Å². The van der Waals surface area contributed by atoms with E-state index in [0.29, 0.717) is 6.42 Å². The summed E-state index contributed by atoms with van der Waals surface area (Å²) in [7, 11) is 0. The molecule has 1 atom stereocenters. The quantitative estimate of drug-likeness (QED) is 0.822. The summed E-state index contributed by atoms with van der Waals surface area (Å²) in [5.41, 5.74) is 6.77. The third-order valence-electron chi connectivity index (χ3n) is 2.83. The van der Waals surface area contributed by atoms with Gasteiger partial charge in [-0.05, 0) is 25.0 Å². The molecule has 0 fully saturated rings. The van der Waals surface area contributed by atoms with Gasteiger partial charge in [-0.3, -0.25) is 4.79 Å². The van der Waals surface area contributed by atoms with Crippen LogP contribution in [0.4, 0.5) is 5.69 Å². The molecule has 0 aromatic heterocycles. The fourth-order valence-corrected chi connectivity index (χ4v) is 1.67. The van der Waals surface area contributed by atoms with Crippen molar-refractivity contribution in [1.82, 2.24) is 0 Å². The molecule has 0 radical (unpaired) electrons. The Morgan fingerprint density at radius 3 is 2.47 bits per heavy atom. The topological polar surface area (TPSA) is 46.3 Å². The van der Waals surface area contributed by atoms with Gasteiger partial charge in [0.1, 0.15) is 0 Å². The van der Waals surface area contributed by atoms with Gasteiger partial charge in [-0.25, -0.2) is 0 Å². The molecule has 0 saturated carbocycles. The number of nitrogens with zero attached hydrogens (tertiary/aromatic N) is 1. The molecule has 17 heavy (non-hydrogen) atoms. The molecular weight excluding hydrogens is 212 g/mol.